The van der Waals surface area contributed by atoms with Crippen LogP contribution in [0.5, 0.6) is 0 Å². The molecule has 2 bridgehead atoms. The first-order valence-corrected chi connectivity index (χ1v) is 16.3. The van der Waals surface area contributed by atoms with Gasteiger partial charge in [0.1, 0.15) is 12.1 Å². The Labute approximate surface area is 261 Å². The molecular formula is C36H49NO7. The first-order valence-electron chi connectivity index (χ1n) is 16.3. The Morgan fingerprint density at radius 3 is 2.36 bits per heavy atom. The summed E-state index contributed by atoms with van der Waals surface area (Å²) < 4.78 is 12.2. The zero-order valence-electron chi connectivity index (χ0n) is 26.5. The highest BCUT2D eigenvalue weighted by atomic mass is 16.6. The molecule has 3 aliphatic heterocycles. The van der Waals surface area contributed by atoms with Crippen molar-refractivity contribution >= 4 is 17.7 Å². The van der Waals surface area contributed by atoms with Gasteiger partial charge in [-0.15, -0.1) is 0 Å². The largest absolute Gasteiger partial charge is 0.456 e. The third-order valence-corrected chi connectivity index (χ3v) is 9.73. The van der Waals surface area contributed by atoms with Gasteiger partial charge in [0, 0.05) is 30.2 Å². The van der Waals surface area contributed by atoms with Crippen molar-refractivity contribution in [2.75, 3.05) is 6.54 Å². The fourth-order valence-corrected chi connectivity index (χ4v) is 6.64. The number of cyclic esters (lactones) is 1. The number of ether oxygens (including phenoxy) is 2. The molecule has 44 heavy (non-hydrogen) atoms. The number of hydrogen-bond acceptors (Lipinski definition) is 7. The summed E-state index contributed by atoms with van der Waals surface area (Å²) in [6.07, 6.45) is 13.4. The van der Waals surface area contributed by atoms with E-state index in [2.05, 4.69) is 19.1 Å². The minimum atomic E-state index is -2.35. The number of piperidine rings is 1. The van der Waals surface area contributed by atoms with Gasteiger partial charge >= 0.3 is 5.97 Å². The van der Waals surface area contributed by atoms with Crippen molar-refractivity contribution in [3.05, 3.63) is 72.4 Å². The summed E-state index contributed by atoms with van der Waals surface area (Å²) >= 11 is 0. The van der Waals surface area contributed by atoms with Crippen molar-refractivity contribution in [1.82, 2.24) is 4.90 Å². The van der Waals surface area contributed by atoms with E-state index in [0.717, 1.165) is 12.0 Å². The van der Waals surface area contributed by atoms with Gasteiger partial charge in [-0.3, -0.25) is 9.59 Å². The maximum atomic E-state index is 13.8. The summed E-state index contributed by atoms with van der Waals surface area (Å²) in [5.41, 5.74) is 1.13. The van der Waals surface area contributed by atoms with Crippen LogP contribution in [0.3, 0.4) is 0 Å². The molecule has 2 saturated heterocycles. The summed E-state index contributed by atoms with van der Waals surface area (Å²) in [5.74, 6) is -6.20. The van der Waals surface area contributed by atoms with E-state index in [4.69, 9.17) is 9.47 Å². The quantitative estimate of drug-likeness (QED) is 0.368. The van der Waals surface area contributed by atoms with E-state index in [-0.39, 0.29) is 18.4 Å². The predicted molar refractivity (Wildman–Crippen MR) is 168 cm³/mol. The second-order valence-corrected chi connectivity index (χ2v) is 12.8. The van der Waals surface area contributed by atoms with Crippen molar-refractivity contribution in [2.24, 2.45) is 23.7 Å². The standard InChI is InChI=1S/C36H49NO7/c1-5-28(23-27-16-10-8-11-17-27)31-19-12-7-6-9-15-24(2)32(38)26(4)30-21-20-25(3)36(42,44-30)33(39)34(40)37-22-14-13-18-29(37)35(41)43-31/h6-12,15-17,19,24-26,28-32,38,42H,5,13-14,18,20-23H2,1-4H3/b7-6+,15-9+,19-12+/t24-,25-,26+,28-,29+,30+,31+,32+,36-/m1/s1. The lowest BCUT2D eigenvalue weighted by atomic mass is 9.80. The third-order valence-electron chi connectivity index (χ3n) is 9.73. The Balaban J connectivity index is 1.69. The number of carbonyl (C=O) groups is 3. The Bertz CT molecular complexity index is 1230. The molecule has 2 N–H and O–H groups in total. The van der Waals surface area contributed by atoms with E-state index in [1.807, 2.05) is 68.5 Å². The zero-order valence-corrected chi connectivity index (χ0v) is 26.5. The second-order valence-electron chi connectivity index (χ2n) is 12.8. The zero-order chi connectivity index (χ0) is 31.9. The molecule has 1 amide bonds. The van der Waals surface area contributed by atoms with Crippen LogP contribution in [0.15, 0.2) is 66.8 Å². The van der Waals surface area contributed by atoms with Gasteiger partial charge in [0.05, 0.1) is 12.2 Å². The smallest absolute Gasteiger partial charge is 0.329 e. The van der Waals surface area contributed by atoms with E-state index < -0.39 is 59.6 Å². The molecule has 0 unspecified atom stereocenters. The normalized spacial score (nSPS) is 37.0. The molecule has 3 heterocycles. The minimum Gasteiger partial charge on any atom is -0.456 e. The predicted octanol–water partition coefficient (Wildman–Crippen LogP) is 4.94. The topological polar surface area (TPSA) is 113 Å². The lowest BCUT2D eigenvalue weighted by Crippen LogP contribution is -2.61. The van der Waals surface area contributed by atoms with Crippen LogP contribution < -0.4 is 0 Å². The number of rotatable bonds is 4. The molecule has 0 saturated carbocycles. The molecule has 4 rings (SSSR count). The van der Waals surface area contributed by atoms with E-state index in [1.165, 1.54) is 4.90 Å². The Morgan fingerprint density at radius 2 is 1.66 bits per heavy atom. The van der Waals surface area contributed by atoms with Crippen LogP contribution in [0.4, 0.5) is 0 Å². The number of hydrogen-bond donors (Lipinski definition) is 2. The molecule has 0 aromatic heterocycles. The molecule has 9 atom stereocenters. The second kappa shape index (κ2) is 15.3. The number of carbonyl (C=O) groups excluding carboxylic acids is 3. The van der Waals surface area contributed by atoms with Crippen molar-refractivity contribution in [3.8, 4) is 0 Å². The third kappa shape index (κ3) is 7.76. The van der Waals surface area contributed by atoms with Gasteiger partial charge in [-0.2, -0.15) is 0 Å². The highest BCUT2D eigenvalue weighted by Crippen LogP contribution is 2.38. The van der Waals surface area contributed by atoms with Gasteiger partial charge in [0.15, 0.2) is 0 Å². The number of nitrogens with zero attached hydrogens (tertiary/aromatic N) is 1. The molecule has 1 aromatic carbocycles. The number of aliphatic hydroxyl groups is 2. The van der Waals surface area contributed by atoms with Gasteiger partial charge < -0.3 is 24.6 Å². The first kappa shape index (κ1) is 33.8. The van der Waals surface area contributed by atoms with E-state index >= 15 is 0 Å². The van der Waals surface area contributed by atoms with Gasteiger partial charge in [-0.05, 0) is 56.6 Å². The summed E-state index contributed by atoms with van der Waals surface area (Å²) in [7, 11) is 0. The average Bonchev–Trinajstić information content (AvgIpc) is 3.04. The van der Waals surface area contributed by atoms with Crippen LogP contribution in [-0.2, 0) is 30.3 Å². The van der Waals surface area contributed by atoms with Gasteiger partial charge in [0.2, 0.25) is 5.79 Å². The van der Waals surface area contributed by atoms with Crippen molar-refractivity contribution in [3.63, 3.8) is 0 Å². The van der Waals surface area contributed by atoms with E-state index in [0.29, 0.717) is 38.5 Å². The highest BCUT2D eigenvalue weighted by molar-refractivity contribution is 6.39. The van der Waals surface area contributed by atoms with Crippen LogP contribution in [0.25, 0.3) is 0 Å². The van der Waals surface area contributed by atoms with Gasteiger partial charge in [-0.25, -0.2) is 4.79 Å². The van der Waals surface area contributed by atoms with Crippen LogP contribution >= 0.6 is 0 Å². The fraction of sp³-hybridized carbons (Fsp3) is 0.583. The van der Waals surface area contributed by atoms with E-state index in [9.17, 15) is 24.6 Å². The number of esters is 1. The Hall–Kier alpha value is -3.07. The van der Waals surface area contributed by atoms with Crippen LogP contribution in [-0.4, -0.2) is 69.5 Å². The molecule has 240 valence electrons. The van der Waals surface area contributed by atoms with Gasteiger partial charge in [0.25, 0.3) is 11.7 Å². The molecule has 0 radical (unpaired) electrons. The minimum absolute atomic E-state index is 0.0178. The van der Waals surface area contributed by atoms with Gasteiger partial charge in [-0.1, -0.05) is 88.4 Å². The van der Waals surface area contributed by atoms with Crippen molar-refractivity contribution in [2.45, 2.75) is 103 Å². The van der Waals surface area contributed by atoms with Crippen LogP contribution in [0, 0.1) is 23.7 Å². The summed E-state index contributed by atoms with van der Waals surface area (Å²) in [6, 6.07) is 9.10. The lowest BCUT2D eigenvalue weighted by Gasteiger charge is -2.44. The highest BCUT2D eigenvalue weighted by Gasteiger charge is 2.53. The van der Waals surface area contributed by atoms with E-state index in [1.54, 1.807) is 6.92 Å². The maximum Gasteiger partial charge on any atom is 0.329 e. The number of ketones is 1. The molecule has 0 aliphatic carbocycles. The monoisotopic (exact) mass is 607 g/mol. The number of allylic oxidation sites excluding steroid dienone is 4. The Morgan fingerprint density at radius 1 is 0.955 bits per heavy atom. The molecule has 2 fully saturated rings. The molecule has 8 nitrogen and oxygen atoms in total. The number of aliphatic hydroxyl groups excluding tert-OH is 1. The summed E-state index contributed by atoms with van der Waals surface area (Å²) in [4.78, 5) is 42.6. The maximum absolute atomic E-state index is 13.8. The Kier molecular flexibility index (Phi) is 11.7. The van der Waals surface area contributed by atoms with Crippen molar-refractivity contribution in [1.29, 1.82) is 0 Å². The first-order chi connectivity index (χ1) is 21.1. The van der Waals surface area contributed by atoms with Crippen LogP contribution in [0.2, 0.25) is 0 Å². The molecular weight excluding hydrogens is 558 g/mol. The number of amides is 1. The SMILES string of the molecule is CC[C@H](Cc1ccccc1)[C@@H]1/C=C/C=C/C=C/[C@@H](C)[C@H](O)[C@@H](C)[C@@H]2CC[C@@H](C)[C@@](O)(O2)C(=O)C(=O)N2CCCC[C@H]2C(=O)O1. The molecule has 1 aromatic rings. The lowest BCUT2D eigenvalue weighted by molar-refractivity contribution is -0.274. The number of benzene rings is 1. The molecule has 3 aliphatic rings. The summed E-state index contributed by atoms with van der Waals surface area (Å²) in [6.45, 7) is 7.69. The number of Topliss-reactive ketones (excluding diaryl/α,β-unsaturated/α-hetero) is 1. The molecule has 0 spiro atoms. The van der Waals surface area contributed by atoms with Crippen LogP contribution in [0.1, 0.15) is 71.8 Å². The summed E-state index contributed by atoms with van der Waals surface area (Å²) in [5, 5.41) is 22.7. The van der Waals surface area contributed by atoms with Crippen molar-refractivity contribution < 1.29 is 34.1 Å². The average molecular weight is 608 g/mol. The molecule has 8 heteroatoms. The fourth-order valence-electron chi connectivity index (χ4n) is 6.64. The number of fused-ring (bicyclic) bond motifs is 3.